The van der Waals surface area contributed by atoms with Crippen molar-refractivity contribution in [1.82, 2.24) is 10.6 Å². The van der Waals surface area contributed by atoms with Gasteiger partial charge in [-0.25, -0.2) is 4.79 Å². The zero-order valence-corrected chi connectivity index (χ0v) is 12.4. The van der Waals surface area contributed by atoms with Crippen LogP contribution in [0.25, 0.3) is 0 Å². The highest BCUT2D eigenvalue weighted by atomic mass is 16.5. The van der Waals surface area contributed by atoms with Crippen molar-refractivity contribution in [3.8, 4) is 0 Å². The molecular formula is C14H26N2O4. The first kappa shape index (κ1) is 16.8. The molecule has 6 heteroatoms. The van der Waals surface area contributed by atoms with Crippen LogP contribution in [0, 0.1) is 5.41 Å². The Labute approximate surface area is 120 Å². The van der Waals surface area contributed by atoms with E-state index in [1.54, 1.807) is 0 Å². The zero-order valence-electron chi connectivity index (χ0n) is 12.4. The summed E-state index contributed by atoms with van der Waals surface area (Å²) >= 11 is 0. The maximum Gasteiger partial charge on any atom is 0.314 e. The van der Waals surface area contributed by atoms with Gasteiger partial charge in [0.15, 0.2) is 0 Å². The van der Waals surface area contributed by atoms with Gasteiger partial charge in [0.25, 0.3) is 0 Å². The molecule has 116 valence electrons. The number of amides is 2. The SMILES string of the molecule is CCOC(C)CNC(=O)NCC1(C(=O)O)CCCCC1. The third-order valence-electron chi connectivity index (χ3n) is 3.85. The van der Waals surface area contributed by atoms with E-state index < -0.39 is 11.4 Å². The molecule has 2 amide bonds. The lowest BCUT2D eigenvalue weighted by Crippen LogP contribution is -2.48. The molecule has 0 aliphatic heterocycles. The van der Waals surface area contributed by atoms with Gasteiger partial charge in [-0.1, -0.05) is 19.3 Å². The fraction of sp³-hybridized carbons (Fsp3) is 0.857. The molecule has 0 radical (unpaired) electrons. The fourth-order valence-corrected chi connectivity index (χ4v) is 2.59. The standard InChI is InChI=1S/C14H26N2O4/c1-3-20-11(2)9-15-13(19)16-10-14(12(17)18)7-5-4-6-8-14/h11H,3-10H2,1-2H3,(H,17,18)(H2,15,16,19). The number of hydrogen-bond acceptors (Lipinski definition) is 3. The van der Waals surface area contributed by atoms with E-state index in [2.05, 4.69) is 10.6 Å². The van der Waals surface area contributed by atoms with Crippen molar-refractivity contribution in [2.45, 2.75) is 52.1 Å². The molecule has 1 aliphatic rings. The van der Waals surface area contributed by atoms with Crippen LogP contribution in [0.1, 0.15) is 46.0 Å². The summed E-state index contributed by atoms with van der Waals surface area (Å²) in [6, 6.07) is -0.331. The largest absolute Gasteiger partial charge is 0.481 e. The van der Waals surface area contributed by atoms with Crippen molar-refractivity contribution in [2.75, 3.05) is 19.7 Å². The highest BCUT2D eigenvalue weighted by molar-refractivity contribution is 5.78. The van der Waals surface area contributed by atoms with Gasteiger partial charge < -0.3 is 20.5 Å². The number of carbonyl (C=O) groups excluding carboxylic acids is 1. The summed E-state index contributed by atoms with van der Waals surface area (Å²) in [7, 11) is 0. The second kappa shape index (κ2) is 8.09. The molecular weight excluding hydrogens is 260 g/mol. The molecule has 1 unspecified atom stereocenters. The van der Waals surface area contributed by atoms with Crippen molar-refractivity contribution in [1.29, 1.82) is 0 Å². The third-order valence-corrected chi connectivity index (χ3v) is 3.85. The van der Waals surface area contributed by atoms with Gasteiger partial charge in [0, 0.05) is 19.7 Å². The Balaban J connectivity index is 2.36. The number of carbonyl (C=O) groups is 2. The average molecular weight is 286 g/mol. The van der Waals surface area contributed by atoms with Gasteiger partial charge in [0.1, 0.15) is 0 Å². The molecule has 0 aromatic carbocycles. The maximum absolute atomic E-state index is 11.7. The van der Waals surface area contributed by atoms with Crippen molar-refractivity contribution in [3.63, 3.8) is 0 Å². The maximum atomic E-state index is 11.7. The minimum Gasteiger partial charge on any atom is -0.481 e. The van der Waals surface area contributed by atoms with Gasteiger partial charge in [-0.3, -0.25) is 4.79 Å². The summed E-state index contributed by atoms with van der Waals surface area (Å²) in [5.41, 5.74) is -0.791. The minimum absolute atomic E-state index is 0.0473. The first-order valence-corrected chi connectivity index (χ1v) is 7.37. The molecule has 6 nitrogen and oxygen atoms in total. The smallest absolute Gasteiger partial charge is 0.314 e. The predicted octanol–water partition coefficient (Wildman–Crippen LogP) is 1.75. The van der Waals surface area contributed by atoms with E-state index in [-0.39, 0.29) is 18.7 Å². The van der Waals surface area contributed by atoms with Crippen LogP contribution in [-0.2, 0) is 9.53 Å². The Bertz CT molecular complexity index is 327. The quantitative estimate of drug-likeness (QED) is 0.665. The van der Waals surface area contributed by atoms with E-state index >= 15 is 0 Å². The Morgan fingerprint density at radius 1 is 1.25 bits per heavy atom. The highest BCUT2D eigenvalue weighted by Gasteiger charge is 2.39. The first-order chi connectivity index (χ1) is 9.50. The molecule has 20 heavy (non-hydrogen) atoms. The van der Waals surface area contributed by atoms with Gasteiger partial charge in [-0.05, 0) is 26.7 Å². The molecule has 1 aliphatic carbocycles. The molecule has 0 heterocycles. The van der Waals surface area contributed by atoms with Crippen LogP contribution in [0.2, 0.25) is 0 Å². The molecule has 1 atom stereocenters. The zero-order chi connectivity index (χ0) is 15.0. The molecule has 1 saturated carbocycles. The Kier molecular flexibility index (Phi) is 6.78. The molecule has 0 saturated heterocycles. The van der Waals surface area contributed by atoms with E-state index in [0.717, 1.165) is 19.3 Å². The van der Waals surface area contributed by atoms with Crippen LogP contribution in [0.5, 0.6) is 0 Å². The second-order valence-electron chi connectivity index (χ2n) is 5.48. The number of carboxylic acids is 1. The van der Waals surface area contributed by atoms with Crippen LogP contribution in [0.4, 0.5) is 4.79 Å². The van der Waals surface area contributed by atoms with Gasteiger partial charge in [-0.2, -0.15) is 0 Å². The van der Waals surface area contributed by atoms with Gasteiger partial charge in [0.2, 0.25) is 0 Å². The first-order valence-electron chi connectivity index (χ1n) is 7.37. The van der Waals surface area contributed by atoms with E-state index in [1.807, 2.05) is 13.8 Å². The summed E-state index contributed by atoms with van der Waals surface area (Å²) in [5, 5.41) is 14.8. The fourth-order valence-electron chi connectivity index (χ4n) is 2.59. The van der Waals surface area contributed by atoms with Crippen LogP contribution < -0.4 is 10.6 Å². The Morgan fingerprint density at radius 3 is 2.45 bits per heavy atom. The number of aliphatic carboxylic acids is 1. The van der Waals surface area contributed by atoms with E-state index in [9.17, 15) is 14.7 Å². The summed E-state index contributed by atoms with van der Waals surface area (Å²) < 4.78 is 5.31. The van der Waals surface area contributed by atoms with Crippen molar-refractivity contribution >= 4 is 12.0 Å². The summed E-state index contributed by atoms with van der Waals surface area (Å²) in [5.74, 6) is -0.805. The van der Waals surface area contributed by atoms with Gasteiger partial charge in [0.05, 0.1) is 11.5 Å². The Hall–Kier alpha value is -1.30. The molecule has 1 fully saturated rings. The van der Waals surface area contributed by atoms with Crippen molar-refractivity contribution in [2.24, 2.45) is 5.41 Å². The molecule has 0 aromatic heterocycles. The molecule has 1 rings (SSSR count). The van der Waals surface area contributed by atoms with Crippen LogP contribution >= 0.6 is 0 Å². The van der Waals surface area contributed by atoms with E-state index in [0.29, 0.717) is 26.0 Å². The number of urea groups is 1. The lowest BCUT2D eigenvalue weighted by atomic mass is 9.74. The Morgan fingerprint density at radius 2 is 1.90 bits per heavy atom. The molecule has 3 N–H and O–H groups in total. The molecule has 0 spiro atoms. The number of rotatable bonds is 7. The number of hydrogen-bond donors (Lipinski definition) is 3. The van der Waals surface area contributed by atoms with E-state index in [4.69, 9.17) is 4.74 Å². The summed E-state index contributed by atoms with van der Waals surface area (Å²) in [6.07, 6.45) is 4.13. The lowest BCUT2D eigenvalue weighted by Gasteiger charge is -2.33. The van der Waals surface area contributed by atoms with Crippen LogP contribution in [-0.4, -0.2) is 42.9 Å². The van der Waals surface area contributed by atoms with Crippen LogP contribution in [0.15, 0.2) is 0 Å². The predicted molar refractivity (Wildman–Crippen MR) is 75.6 cm³/mol. The number of nitrogens with one attached hydrogen (secondary N) is 2. The number of carboxylic acid groups (broad SMARTS) is 1. The molecule has 0 aromatic rings. The third kappa shape index (κ3) is 5.00. The van der Waals surface area contributed by atoms with Gasteiger partial charge >= 0.3 is 12.0 Å². The summed E-state index contributed by atoms with van der Waals surface area (Å²) in [4.78, 5) is 23.1. The molecule has 0 bridgehead atoms. The highest BCUT2D eigenvalue weighted by Crippen LogP contribution is 2.35. The van der Waals surface area contributed by atoms with Crippen molar-refractivity contribution in [3.05, 3.63) is 0 Å². The average Bonchev–Trinajstić information content (AvgIpc) is 2.44. The summed E-state index contributed by atoms with van der Waals surface area (Å²) in [6.45, 7) is 4.99. The lowest BCUT2D eigenvalue weighted by molar-refractivity contribution is -0.150. The van der Waals surface area contributed by atoms with Crippen molar-refractivity contribution < 1.29 is 19.4 Å². The number of ether oxygens (including phenoxy) is 1. The van der Waals surface area contributed by atoms with E-state index in [1.165, 1.54) is 0 Å². The minimum atomic E-state index is -0.805. The van der Waals surface area contributed by atoms with Gasteiger partial charge in [-0.15, -0.1) is 0 Å². The second-order valence-corrected chi connectivity index (χ2v) is 5.48. The topological polar surface area (TPSA) is 87.7 Å². The normalized spacial score (nSPS) is 19.1. The van der Waals surface area contributed by atoms with Crippen LogP contribution in [0.3, 0.4) is 0 Å². The monoisotopic (exact) mass is 286 g/mol.